The summed E-state index contributed by atoms with van der Waals surface area (Å²) in [5, 5.41) is 8.98. The Bertz CT molecular complexity index is 647. The fourth-order valence-corrected chi connectivity index (χ4v) is 1.89. The van der Waals surface area contributed by atoms with Crippen molar-refractivity contribution in [2.75, 3.05) is 0 Å². The van der Waals surface area contributed by atoms with Crippen LogP contribution in [0.3, 0.4) is 0 Å². The Labute approximate surface area is 95.5 Å². The SMILES string of the molecule is CCC1C(C#N)=C(N)Oc2[nH]c(=O)[nH]c(=O)c21. The van der Waals surface area contributed by atoms with Crippen molar-refractivity contribution in [3.05, 3.63) is 37.9 Å². The summed E-state index contributed by atoms with van der Waals surface area (Å²) in [7, 11) is 0. The van der Waals surface area contributed by atoms with E-state index in [9.17, 15) is 9.59 Å². The topological polar surface area (TPSA) is 125 Å². The van der Waals surface area contributed by atoms with Gasteiger partial charge in [0.2, 0.25) is 11.8 Å². The lowest BCUT2D eigenvalue weighted by atomic mass is 9.89. The molecule has 1 aromatic heterocycles. The van der Waals surface area contributed by atoms with Crippen LogP contribution in [0.2, 0.25) is 0 Å². The number of hydrogen-bond acceptors (Lipinski definition) is 5. The second-order valence-electron chi connectivity index (χ2n) is 3.60. The van der Waals surface area contributed by atoms with E-state index < -0.39 is 17.2 Å². The summed E-state index contributed by atoms with van der Waals surface area (Å²) in [6, 6.07) is 1.92. The first kappa shape index (κ1) is 11.0. The Morgan fingerprint density at radius 2 is 2.18 bits per heavy atom. The molecule has 0 amide bonds. The van der Waals surface area contributed by atoms with Gasteiger partial charge in [-0.1, -0.05) is 6.92 Å². The highest BCUT2D eigenvalue weighted by atomic mass is 16.5. The van der Waals surface area contributed by atoms with Crippen LogP contribution in [-0.2, 0) is 0 Å². The van der Waals surface area contributed by atoms with Crippen LogP contribution < -0.4 is 21.7 Å². The molecule has 7 nitrogen and oxygen atoms in total. The zero-order chi connectivity index (χ0) is 12.6. The summed E-state index contributed by atoms with van der Waals surface area (Å²) in [5.74, 6) is -0.514. The lowest BCUT2D eigenvalue weighted by Gasteiger charge is -2.22. The maximum Gasteiger partial charge on any atom is 0.328 e. The number of nitrogens with two attached hydrogens (primary N) is 1. The summed E-state index contributed by atoms with van der Waals surface area (Å²) in [6.45, 7) is 1.81. The van der Waals surface area contributed by atoms with Crippen LogP contribution in [0.15, 0.2) is 21.0 Å². The van der Waals surface area contributed by atoms with E-state index in [4.69, 9.17) is 15.7 Å². The lowest BCUT2D eigenvalue weighted by molar-refractivity contribution is 0.366. The molecule has 88 valence electrons. The third-order valence-corrected chi connectivity index (χ3v) is 2.65. The average molecular weight is 234 g/mol. The van der Waals surface area contributed by atoms with Crippen LogP contribution >= 0.6 is 0 Å². The van der Waals surface area contributed by atoms with E-state index in [1.807, 2.05) is 13.0 Å². The number of aromatic amines is 2. The molecule has 4 N–H and O–H groups in total. The summed E-state index contributed by atoms with van der Waals surface area (Å²) in [5.41, 5.74) is 4.78. The molecule has 0 aromatic carbocycles. The molecule has 0 saturated carbocycles. The van der Waals surface area contributed by atoms with E-state index in [1.54, 1.807) is 0 Å². The highest BCUT2D eigenvalue weighted by Gasteiger charge is 2.31. The Balaban J connectivity index is 2.74. The standard InChI is InChI=1S/C10H10N4O3/c1-2-4-5(3-11)7(12)17-9-6(4)8(15)13-10(16)14-9/h4H,2,12H2,1H3,(H2,13,14,15,16). The van der Waals surface area contributed by atoms with Crippen molar-refractivity contribution >= 4 is 0 Å². The van der Waals surface area contributed by atoms with Crippen LogP contribution in [0.25, 0.3) is 0 Å². The fraction of sp³-hybridized carbons (Fsp3) is 0.300. The van der Waals surface area contributed by atoms with Gasteiger partial charge in [-0.25, -0.2) is 4.79 Å². The van der Waals surface area contributed by atoms with Crippen molar-refractivity contribution in [1.29, 1.82) is 5.26 Å². The number of hydrogen-bond donors (Lipinski definition) is 3. The Morgan fingerprint density at radius 1 is 1.47 bits per heavy atom. The van der Waals surface area contributed by atoms with Crippen LogP contribution in [-0.4, -0.2) is 9.97 Å². The van der Waals surface area contributed by atoms with Gasteiger partial charge in [-0.05, 0) is 6.42 Å². The second kappa shape index (κ2) is 3.83. The molecule has 0 radical (unpaired) electrons. The van der Waals surface area contributed by atoms with Gasteiger partial charge in [0.05, 0.1) is 11.1 Å². The summed E-state index contributed by atoms with van der Waals surface area (Å²) >= 11 is 0. The largest absolute Gasteiger partial charge is 0.424 e. The first-order valence-electron chi connectivity index (χ1n) is 5.02. The molecule has 1 aromatic rings. The van der Waals surface area contributed by atoms with Gasteiger partial charge >= 0.3 is 5.69 Å². The molecule has 1 aliphatic heterocycles. The number of nitrogens with zero attached hydrogens (tertiary/aromatic N) is 1. The van der Waals surface area contributed by atoms with Crippen molar-refractivity contribution in [3.8, 4) is 11.9 Å². The van der Waals surface area contributed by atoms with E-state index in [1.165, 1.54) is 0 Å². The minimum Gasteiger partial charge on any atom is -0.424 e. The van der Waals surface area contributed by atoms with E-state index in [0.717, 1.165) is 0 Å². The summed E-state index contributed by atoms with van der Waals surface area (Å²) < 4.78 is 5.09. The van der Waals surface area contributed by atoms with E-state index in [-0.39, 0.29) is 22.9 Å². The third-order valence-electron chi connectivity index (χ3n) is 2.65. The van der Waals surface area contributed by atoms with Gasteiger partial charge in [0, 0.05) is 5.92 Å². The van der Waals surface area contributed by atoms with Crippen molar-refractivity contribution in [3.63, 3.8) is 0 Å². The first-order chi connectivity index (χ1) is 8.08. The molecule has 2 rings (SSSR count). The zero-order valence-electron chi connectivity index (χ0n) is 9.03. The van der Waals surface area contributed by atoms with Crippen LogP contribution in [0.1, 0.15) is 24.8 Å². The van der Waals surface area contributed by atoms with Crippen LogP contribution in [0, 0.1) is 11.3 Å². The highest BCUT2D eigenvalue weighted by Crippen LogP contribution is 2.35. The number of H-pyrrole nitrogens is 2. The molecule has 7 heteroatoms. The zero-order valence-corrected chi connectivity index (χ0v) is 9.03. The number of nitrogens with one attached hydrogen (secondary N) is 2. The quantitative estimate of drug-likeness (QED) is 0.612. The molecule has 0 saturated heterocycles. The van der Waals surface area contributed by atoms with E-state index in [0.29, 0.717) is 6.42 Å². The van der Waals surface area contributed by atoms with Gasteiger partial charge in [0.15, 0.2) is 0 Å². The summed E-state index contributed by atoms with van der Waals surface area (Å²) in [4.78, 5) is 27.2. The lowest BCUT2D eigenvalue weighted by Crippen LogP contribution is -2.32. The monoisotopic (exact) mass is 234 g/mol. The second-order valence-corrected chi connectivity index (χ2v) is 3.60. The molecular formula is C10H10N4O3. The van der Waals surface area contributed by atoms with Gasteiger partial charge < -0.3 is 10.5 Å². The van der Waals surface area contributed by atoms with Gasteiger partial charge in [-0.3, -0.25) is 14.8 Å². The predicted octanol–water partition coefficient (Wildman–Crippen LogP) is -0.357. The molecule has 0 bridgehead atoms. The van der Waals surface area contributed by atoms with E-state index in [2.05, 4.69) is 9.97 Å². The molecule has 1 atom stereocenters. The molecule has 0 fully saturated rings. The molecular weight excluding hydrogens is 224 g/mol. The maximum absolute atomic E-state index is 11.7. The van der Waals surface area contributed by atoms with E-state index >= 15 is 0 Å². The smallest absolute Gasteiger partial charge is 0.328 e. The fourth-order valence-electron chi connectivity index (χ4n) is 1.89. The Morgan fingerprint density at radius 3 is 2.76 bits per heavy atom. The molecule has 17 heavy (non-hydrogen) atoms. The highest BCUT2D eigenvalue weighted by molar-refractivity contribution is 5.45. The third kappa shape index (κ3) is 1.59. The Hall–Kier alpha value is -2.49. The van der Waals surface area contributed by atoms with Gasteiger partial charge in [0.25, 0.3) is 5.56 Å². The molecule has 1 unspecified atom stereocenters. The predicted molar refractivity (Wildman–Crippen MR) is 58.2 cm³/mol. The normalized spacial score (nSPS) is 18.2. The van der Waals surface area contributed by atoms with Crippen molar-refractivity contribution in [2.45, 2.75) is 19.3 Å². The molecule has 2 heterocycles. The number of ether oxygens (including phenoxy) is 1. The maximum atomic E-state index is 11.7. The summed E-state index contributed by atoms with van der Waals surface area (Å²) in [6.07, 6.45) is 0.509. The number of aromatic nitrogens is 2. The van der Waals surface area contributed by atoms with Crippen LogP contribution in [0.5, 0.6) is 5.88 Å². The first-order valence-corrected chi connectivity index (χ1v) is 5.02. The van der Waals surface area contributed by atoms with Gasteiger partial charge in [-0.2, -0.15) is 5.26 Å². The number of rotatable bonds is 1. The number of allylic oxidation sites excluding steroid dienone is 1. The Kier molecular flexibility index (Phi) is 2.48. The van der Waals surface area contributed by atoms with Crippen LogP contribution in [0.4, 0.5) is 0 Å². The van der Waals surface area contributed by atoms with Crippen molar-refractivity contribution < 1.29 is 4.74 Å². The molecule has 0 aliphatic carbocycles. The minimum atomic E-state index is -0.670. The molecule has 1 aliphatic rings. The number of fused-ring (bicyclic) bond motifs is 1. The van der Waals surface area contributed by atoms with Crippen molar-refractivity contribution in [2.24, 2.45) is 5.73 Å². The number of nitriles is 1. The van der Waals surface area contributed by atoms with Gasteiger partial charge in [0.1, 0.15) is 6.07 Å². The average Bonchev–Trinajstić information content (AvgIpc) is 2.26. The molecule has 0 spiro atoms. The van der Waals surface area contributed by atoms with Crippen molar-refractivity contribution in [1.82, 2.24) is 9.97 Å². The van der Waals surface area contributed by atoms with Gasteiger partial charge in [-0.15, -0.1) is 0 Å². The minimum absolute atomic E-state index is 0.0158.